The highest BCUT2D eigenvalue weighted by molar-refractivity contribution is 5.75. The van der Waals surface area contributed by atoms with Crippen molar-refractivity contribution in [2.75, 3.05) is 0 Å². The normalized spacial score (nSPS) is 21.5. The van der Waals surface area contributed by atoms with Gasteiger partial charge in [0.25, 0.3) is 0 Å². The van der Waals surface area contributed by atoms with E-state index in [2.05, 4.69) is 0 Å². The number of hydrogen-bond acceptors (Lipinski definition) is 2. The third-order valence-corrected chi connectivity index (χ3v) is 2.98. The van der Waals surface area contributed by atoms with Crippen molar-refractivity contribution >= 4 is 5.91 Å². The largest absolute Gasteiger partial charge is 0.488 e. The molecule has 3 nitrogen and oxygen atoms in total. The number of benzene rings is 1. The van der Waals surface area contributed by atoms with Crippen LogP contribution in [0.1, 0.15) is 38.2 Å². The third-order valence-electron chi connectivity index (χ3n) is 2.98. The number of carbonyl (C=O) groups excluding carboxylic acids is 1. The van der Waals surface area contributed by atoms with Gasteiger partial charge in [0.1, 0.15) is 17.2 Å². The van der Waals surface area contributed by atoms with E-state index < -0.39 is 0 Å². The molecule has 1 aromatic carbocycles. The summed E-state index contributed by atoms with van der Waals surface area (Å²) in [6, 6.07) is 4.40. The van der Waals surface area contributed by atoms with Crippen LogP contribution in [-0.4, -0.2) is 11.5 Å². The molecule has 1 aromatic rings. The zero-order valence-electron chi connectivity index (χ0n) is 10.00. The zero-order valence-corrected chi connectivity index (χ0v) is 10.00. The second-order valence-electron chi connectivity index (χ2n) is 5.12. The van der Waals surface area contributed by atoms with Gasteiger partial charge in [-0.25, -0.2) is 4.39 Å². The maximum absolute atomic E-state index is 13.2. The van der Waals surface area contributed by atoms with Gasteiger partial charge in [-0.15, -0.1) is 0 Å². The van der Waals surface area contributed by atoms with Gasteiger partial charge in [0.2, 0.25) is 5.91 Å². The number of nitrogens with two attached hydrogens (primary N) is 1. The van der Waals surface area contributed by atoms with Gasteiger partial charge < -0.3 is 10.5 Å². The molecule has 92 valence electrons. The van der Waals surface area contributed by atoms with Crippen LogP contribution in [0.4, 0.5) is 4.39 Å². The molecule has 0 spiro atoms. The molecule has 0 radical (unpaired) electrons. The molecule has 1 aliphatic rings. The quantitative estimate of drug-likeness (QED) is 0.858. The molecule has 0 aromatic heterocycles. The molecule has 1 unspecified atom stereocenters. The molecule has 1 aliphatic heterocycles. The van der Waals surface area contributed by atoms with E-state index in [9.17, 15) is 9.18 Å². The van der Waals surface area contributed by atoms with E-state index in [0.29, 0.717) is 12.2 Å². The summed E-state index contributed by atoms with van der Waals surface area (Å²) in [5.74, 6) is -0.111. The highest BCUT2D eigenvalue weighted by Gasteiger charge is 2.34. The number of amides is 1. The smallest absolute Gasteiger partial charge is 0.218 e. The van der Waals surface area contributed by atoms with Crippen LogP contribution in [0, 0.1) is 5.82 Å². The summed E-state index contributed by atoms with van der Waals surface area (Å²) in [6.07, 6.45) is 0.885. The first-order valence-corrected chi connectivity index (χ1v) is 5.64. The molecule has 0 saturated carbocycles. The number of rotatable bonds is 2. The fourth-order valence-corrected chi connectivity index (χ4v) is 2.40. The van der Waals surface area contributed by atoms with Crippen molar-refractivity contribution in [2.45, 2.75) is 38.2 Å². The second-order valence-corrected chi connectivity index (χ2v) is 5.12. The second kappa shape index (κ2) is 4.02. The standard InChI is InChI=1S/C13H16FNO2/c1-13(2)7-8(5-12(15)16)10-6-9(14)3-4-11(10)17-13/h3-4,6,8H,5,7H2,1-2H3,(H2,15,16). The van der Waals surface area contributed by atoms with Crippen LogP contribution in [0.3, 0.4) is 0 Å². The Morgan fingerprint density at radius 3 is 2.94 bits per heavy atom. The molecule has 0 aliphatic carbocycles. The Morgan fingerprint density at radius 1 is 1.59 bits per heavy atom. The van der Waals surface area contributed by atoms with Crippen molar-refractivity contribution < 1.29 is 13.9 Å². The Balaban J connectivity index is 2.40. The molecule has 2 N–H and O–H groups in total. The van der Waals surface area contributed by atoms with Gasteiger partial charge in [-0.3, -0.25) is 4.79 Å². The van der Waals surface area contributed by atoms with E-state index in [-0.39, 0.29) is 29.7 Å². The highest BCUT2D eigenvalue weighted by Crippen LogP contribution is 2.42. The van der Waals surface area contributed by atoms with Gasteiger partial charge in [-0.2, -0.15) is 0 Å². The lowest BCUT2D eigenvalue weighted by Gasteiger charge is -2.37. The number of ether oxygens (including phenoxy) is 1. The molecule has 17 heavy (non-hydrogen) atoms. The number of halogens is 1. The summed E-state index contributed by atoms with van der Waals surface area (Å²) in [6.45, 7) is 3.90. The minimum absolute atomic E-state index is 0.0676. The first-order chi connectivity index (χ1) is 7.87. The number of carbonyl (C=O) groups is 1. The maximum Gasteiger partial charge on any atom is 0.218 e. The van der Waals surface area contributed by atoms with Crippen LogP contribution < -0.4 is 10.5 Å². The predicted molar refractivity (Wildman–Crippen MR) is 62.3 cm³/mol. The summed E-state index contributed by atoms with van der Waals surface area (Å²) in [5.41, 5.74) is 5.62. The molecule has 1 amide bonds. The summed E-state index contributed by atoms with van der Waals surface area (Å²) in [4.78, 5) is 11.1. The monoisotopic (exact) mass is 237 g/mol. The summed E-state index contributed by atoms with van der Waals surface area (Å²) >= 11 is 0. The molecule has 1 heterocycles. The average molecular weight is 237 g/mol. The Labute approximate surface area is 99.8 Å². The SMILES string of the molecule is CC1(C)CC(CC(N)=O)c2cc(F)ccc2O1. The fraction of sp³-hybridized carbons (Fsp3) is 0.462. The van der Waals surface area contributed by atoms with Gasteiger partial charge in [0, 0.05) is 17.9 Å². The minimum Gasteiger partial charge on any atom is -0.488 e. The van der Waals surface area contributed by atoms with E-state index in [4.69, 9.17) is 10.5 Å². The molecular formula is C13H16FNO2. The molecule has 0 saturated heterocycles. The lowest BCUT2D eigenvalue weighted by atomic mass is 9.82. The maximum atomic E-state index is 13.2. The molecule has 1 atom stereocenters. The van der Waals surface area contributed by atoms with Crippen molar-refractivity contribution in [1.82, 2.24) is 0 Å². The van der Waals surface area contributed by atoms with Crippen LogP contribution in [0.5, 0.6) is 5.75 Å². The Bertz CT molecular complexity index is 457. The average Bonchev–Trinajstić information content (AvgIpc) is 2.17. The molecule has 2 rings (SSSR count). The van der Waals surface area contributed by atoms with E-state index in [1.165, 1.54) is 12.1 Å². The summed E-state index contributed by atoms with van der Waals surface area (Å²) < 4.78 is 19.0. The number of primary amides is 1. The summed E-state index contributed by atoms with van der Waals surface area (Å²) in [7, 11) is 0. The predicted octanol–water partition coefficient (Wildman–Crippen LogP) is 2.35. The molecule has 0 fully saturated rings. The van der Waals surface area contributed by atoms with Crippen molar-refractivity contribution in [1.29, 1.82) is 0 Å². The Hall–Kier alpha value is -1.58. The Morgan fingerprint density at radius 2 is 2.29 bits per heavy atom. The van der Waals surface area contributed by atoms with E-state index in [1.807, 2.05) is 13.8 Å². The van der Waals surface area contributed by atoms with E-state index in [0.717, 1.165) is 5.56 Å². The lowest BCUT2D eigenvalue weighted by Crippen LogP contribution is -2.36. The van der Waals surface area contributed by atoms with Crippen molar-refractivity contribution in [3.8, 4) is 5.75 Å². The molecule has 0 bridgehead atoms. The first-order valence-electron chi connectivity index (χ1n) is 5.64. The van der Waals surface area contributed by atoms with Gasteiger partial charge >= 0.3 is 0 Å². The minimum atomic E-state index is -0.372. The van der Waals surface area contributed by atoms with Crippen LogP contribution in [0.15, 0.2) is 18.2 Å². The van der Waals surface area contributed by atoms with Crippen LogP contribution >= 0.6 is 0 Å². The van der Waals surface area contributed by atoms with Gasteiger partial charge in [-0.05, 0) is 38.5 Å². The van der Waals surface area contributed by atoms with Crippen LogP contribution in [-0.2, 0) is 4.79 Å². The van der Waals surface area contributed by atoms with Crippen molar-refractivity contribution in [3.63, 3.8) is 0 Å². The molecular weight excluding hydrogens is 221 g/mol. The number of hydrogen-bond donors (Lipinski definition) is 1. The highest BCUT2D eigenvalue weighted by atomic mass is 19.1. The third kappa shape index (κ3) is 2.57. The molecule has 4 heteroatoms. The van der Waals surface area contributed by atoms with Gasteiger partial charge in [0.15, 0.2) is 0 Å². The van der Waals surface area contributed by atoms with Crippen LogP contribution in [0.2, 0.25) is 0 Å². The zero-order chi connectivity index (χ0) is 12.6. The Kier molecular flexibility index (Phi) is 2.81. The van der Waals surface area contributed by atoms with Crippen molar-refractivity contribution in [2.24, 2.45) is 5.73 Å². The number of fused-ring (bicyclic) bond motifs is 1. The summed E-state index contributed by atoms with van der Waals surface area (Å²) in [5, 5.41) is 0. The fourth-order valence-electron chi connectivity index (χ4n) is 2.40. The lowest BCUT2D eigenvalue weighted by molar-refractivity contribution is -0.118. The topological polar surface area (TPSA) is 52.3 Å². The van der Waals surface area contributed by atoms with Crippen LogP contribution in [0.25, 0.3) is 0 Å². The van der Waals surface area contributed by atoms with Crippen molar-refractivity contribution in [3.05, 3.63) is 29.6 Å². The van der Waals surface area contributed by atoms with Gasteiger partial charge in [-0.1, -0.05) is 0 Å². The first kappa shape index (κ1) is 11.9. The van der Waals surface area contributed by atoms with E-state index >= 15 is 0 Å². The van der Waals surface area contributed by atoms with Gasteiger partial charge in [0.05, 0.1) is 0 Å². The van der Waals surface area contributed by atoms with E-state index in [1.54, 1.807) is 6.07 Å².